The van der Waals surface area contributed by atoms with Crippen molar-refractivity contribution in [2.75, 3.05) is 6.61 Å². The zero-order valence-corrected chi connectivity index (χ0v) is 15.1. The monoisotopic (exact) mass is 335 g/mol. The third kappa shape index (κ3) is 6.60. The SMILES string of the molecule is CCC(CC)(CC(=O)O)NC(=O)Cc1ccc(OCC(C)C)cc1. The Kier molecular flexibility index (Phi) is 7.75. The van der Waals surface area contributed by atoms with Gasteiger partial charge in [-0.05, 0) is 36.5 Å². The van der Waals surface area contributed by atoms with Crippen LogP contribution in [0.15, 0.2) is 24.3 Å². The van der Waals surface area contributed by atoms with Crippen molar-refractivity contribution in [2.24, 2.45) is 5.92 Å². The highest BCUT2D eigenvalue weighted by molar-refractivity contribution is 5.80. The molecule has 0 radical (unpaired) electrons. The molecule has 1 rings (SSSR count). The number of benzene rings is 1. The number of aliphatic carboxylic acids is 1. The maximum atomic E-state index is 12.3. The lowest BCUT2D eigenvalue weighted by atomic mass is 9.88. The highest BCUT2D eigenvalue weighted by Crippen LogP contribution is 2.20. The van der Waals surface area contributed by atoms with E-state index in [1.807, 2.05) is 38.1 Å². The van der Waals surface area contributed by atoms with Crippen LogP contribution in [-0.4, -0.2) is 29.1 Å². The minimum Gasteiger partial charge on any atom is -0.493 e. The molecule has 5 heteroatoms. The van der Waals surface area contributed by atoms with Crippen LogP contribution in [0, 0.1) is 5.92 Å². The van der Waals surface area contributed by atoms with Gasteiger partial charge in [-0.1, -0.05) is 39.8 Å². The molecule has 0 aliphatic rings. The van der Waals surface area contributed by atoms with E-state index in [2.05, 4.69) is 19.2 Å². The molecule has 0 saturated heterocycles. The molecule has 0 aromatic heterocycles. The number of carboxylic acid groups (broad SMARTS) is 1. The number of rotatable bonds is 10. The summed E-state index contributed by atoms with van der Waals surface area (Å²) in [6.45, 7) is 8.62. The molecule has 5 nitrogen and oxygen atoms in total. The Morgan fingerprint density at radius 2 is 1.75 bits per heavy atom. The standard InChI is InChI=1S/C19H29NO4/c1-5-19(6-2,12-18(22)23)20-17(21)11-15-7-9-16(10-8-15)24-13-14(3)4/h7-10,14H,5-6,11-13H2,1-4H3,(H,20,21)(H,22,23). The van der Waals surface area contributed by atoms with Crippen molar-refractivity contribution in [3.8, 4) is 5.75 Å². The zero-order chi connectivity index (χ0) is 18.2. The molecule has 0 unspecified atom stereocenters. The molecule has 0 aliphatic carbocycles. The van der Waals surface area contributed by atoms with Crippen molar-refractivity contribution in [3.05, 3.63) is 29.8 Å². The molecule has 1 aromatic carbocycles. The molecule has 0 heterocycles. The number of hydrogen-bond acceptors (Lipinski definition) is 3. The van der Waals surface area contributed by atoms with E-state index in [0.717, 1.165) is 11.3 Å². The van der Waals surface area contributed by atoms with Crippen molar-refractivity contribution in [1.82, 2.24) is 5.32 Å². The quantitative estimate of drug-likeness (QED) is 0.687. The van der Waals surface area contributed by atoms with E-state index in [-0.39, 0.29) is 18.7 Å². The highest BCUT2D eigenvalue weighted by atomic mass is 16.5. The lowest BCUT2D eigenvalue weighted by molar-refractivity contribution is -0.139. The van der Waals surface area contributed by atoms with Crippen molar-refractivity contribution in [3.63, 3.8) is 0 Å². The molecule has 2 N–H and O–H groups in total. The van der Waals surface area contributed by atoms with Crippen molar-refractivity contribution in [1.29, 1.82) is 0 Å². The minimum atomic E-state index is -0.898. The summed E-state index contributed by atoms with van der Waals surface area (Å²) in [7, 11) is 0. The van der Waals surface area contributed by atoms with Crippen LogP contribution in [0.1, 0.15) is 52.5 Å². The number of carbonyl (C=O) groups excluding carboxylic acids is 1. The fourth-order valence-corrected chi connectivity index (χ4v) is 2.50. The lowest BCUT2D eigenvalue weighted by Gasteiger charge is -2.31. The molecule has 24 heavy (non-hydrogen) atoms. The van der Waals surface area contributed by atoms with Crippen LogP contribution in [0.25, 0.3) is 0 Å². The number of amides is 1. The molecule has 1 aromatic rings. The highest BCUT2D eigenvalue weighted by Gasteiger charge is 2.30. The van der Waals surface area contributed by atoms with Gasteiger partial charge >= 0.3 is 5.97 Å². The maximum Gasteiger partial charge on any atom is 0.305 e. The summed E-state index contributed by atoms with van der Waals surface area (Å²) in [5.41, 5.74) is 0.198. The van der Waals surface area contributed by atoms with E-state index in [4.69, 9.17) is 9.84 Å². The third-order valence-electron chi connectivity index (χ3n) is 4.12. The van der Waals surface area contributed by atoms with Gasteiger partial charge in [0.1, 0.15) is 5.75 Å². The fourth-order valence-electron chi connectivity index (χ4n) is 2.50. The van der Waals surface area contributed by atoms with Crippen LogP contribution in [0.2, 0.25) is 0 Å². The minimum absolute atomic E-state index is 0.0618. The molecular formula is C19H29NO4. The van der Waals surface area contributed by atoms with Gasteiger partial charge in [0.25, 0.3) is 0 Å². The normalized spacial score (nSPS) is 11.4. The van der Waals surface area contributed by atoms with Gasteiger partial charge in [-0.25, -0.2) is 0 Å². The number of nitrogens with one attached hydrogen (secondary N) is 1. The Hall–Kier alpha value is -2.04. The van der Waals surface area contributed by atoms with E-state index < -0.39 is 11.5 Å². The Morgan fingerprint density at radius 3 is 2.21 bits per heavy atom. The summed E-state index contributed by atoms with van der Waals surface area (Å²) < 4.78 is 5.62. The van der Waals surface area contributed by atoms with Gasteiger partial charge in [0, 0.05) is 5.54 Å². The summed E-state index contributed by atoms with van der Waals surface area (Å²) in [6, 6.07) is 7.45. The summed E-state index contributed by atoms with van der Waals surface area (Å²) in [5, 5.41) is 12.0. The first kappa shape index (κ1) is 20.0. The molecule has 0 saturated carbocycles. The molecule has 1 amide bonds. The number of carbonyl (C=O) groups is 2. The van der Waals surface area contributed by atoms with Crippen LogP contribution < -0.4 is 10.1 Å². The predicted octanol–water partition coefficient (Wildman–Crippen LogP) is 3.41. The van der Waals surface area contributed by atoms with Crippen LogP contribution >= 0.6 is 0 Å². The van der Waals surface area contributed by atoms with Crippen LogP contribution in [0.5, 0.6) is 5.75 Å². The smallest absolute Gasteiger partial charge is 0.305 e. The van der Waals surface area contributed by atoms with Gasteiger partial charge in [-0.2, -0.15) is 0 Å². The van der Waals surface area contributed by atoms with E-state index in [0.29, 0.717) is 25.4 Å². The van der Waals surface area contributed by atoms with E-state index in [9.17, 15) is 9.59 Å². The predicted molar refractivity (Wildman–Crippen MR) is 94.2 cm³/mol. The molecular weight excluding hydrogens is 306 g/mol. The second-order valence-corrected chi connectivity index (χ2v) is 6.63. The lowest BCUT2D eigenvalue weighted by Crippen LogP contribution is -2.49. The van der Waals surface area contributed by atoms with Crippen LogP contribution in [-0.2, 0) is 16.0 Å². The van der Waals surface area contributed by atoms with Gasteiger partial charge in [0.15, 0.2) is 0 Å². The average molecular weight is 335 g/mol. The number of ether oxygens (including phenoxy) is 1. The first-order valence-corrected chi connectivity index (χ1v) is 8.54. The van der Waals surface area contributed by atoms with Crippen LogP contribution in [0.4, 0.5) is 0 Å². The zero-order valence-electron chi connectivity index (χ0n) is 15.1. The molecule has 0 atom stereocenters. The van der Waals surface area contributed by atoms with Gasteiger partial charge < -0.3 is 15.2 Å². The van der Waals surface area contributed by atoms with Gasteiger partial charge in [0.2, 0.25) is 5.91 Å². The van der Waals surface area contributed by atoms with Crippen molar-refractivity contribution in [2.45, 2.75) is 58.9 Å². The number of carboxylic acids is 1. The second-order valence-electron chi connectivity index (χ2n) is 6.63. The van der Waals surface area contributed by atoms with E-state index in [1.165, 1.54) is 0 Å². The summed E-state index contributed by atoms with van der Waals surface area (Å²) >= 11 is 0. The number of hydrogen-bond donors (Lipinski definition) is 2. The first-order valence-electron chi connectivity index (χ1n) is 8.54. The van der Waals surface area contributed by atoms with Crippen LogP contribution in [0.3, 0.4) is 0 Å². The summed E-state index contributed by atoms with van der Waals surface area (Å²) in [4.78, 5) is 23.3. The summed E-state index contributed by atoms with van der Waals surface area (Å²) in [5.74, 6) is 0.192. The van der Waals surface area contributed by atoms with Gasteiger partial charge in [-0.3, -0.25) is 9.59 Å². The summed E-state index contributed by atoms with van der Waals surface area (Å²) in [6.07, 6.45) is 1.34. The molecule has 0 bridgehead atoms. The maximum absolute atomic E-state index is 12.3. The first-order chi connectivity index (χ1) is 11.3. The van der Waals surface area contributed by atoms with Crippen molar-refractivity contribution < 1.29 is 19.4 Å². The largest absolute Gasteiger partial charge is 0.493 e. The Labute approximate surface area is 144 Å². The fraction of sp³-hybridized carbons (Fsp3) is 0.579. The topological polar surface area (TPSA) is 75.6 Å². The second kappa shape index (κ2) is 9.30. The molecule has 134 valence electrons. The molecule has 0 aliphatic heterocycles. The Morgan fingerprint density at radius 1 is 1.17 bits per heavy atom. The Balaban J connectivity index is 2.64. The average Bonchev–Trinajstić information content (AvgIpc) is 2.53. The van der Waals surface area contributed by atoms with Gasteiger partial charge in [-0.15, -0.1) is 0 Å². The Bertz CT molecular complexity index is 533. The molecule has 0 spiro atoms. The van der Waals surface area contributed by atoms with Gasteiger partial charge in [0.05, 0.1) is 19.4 Å². The third-order valence-corrected chi connectivity index (χ3v) is 4.12. The molecule has 0 fully saturated rings. The van der Waals surface area contributed by atoms with E-state index >= 15 is 0 Å². The van der Waals surface area contributed by atoms with E-state index in [1.54, 1.807) is 0 Å². The van der Waals surface area contributed by atoms with Crippen molar-refractivity contribution >= 4 is 11.9 Å².